The van der Waals surface area contributed by atoms with Gasteiger partial charge in [-0.05, 0) is 49.8 Å². The quantitative estimate of drug-likeness (QED) is 0.834. The Balaban J connectivity index is 1.49. The van der Waals surface area contributed by atoms with Gasteiger partial charge in [0.1, 0.15) is 11.6 Å². The number of carbonyl (C=O) groups excluding carboxylic acids is 2. The molecule has 1 aromatic rings. The zero-order valence-electron chi connectivity index (χ0n) is 14.8. The molecule has 0 aromatic heterocycles. The van der Waals surface area contributed by atoms with E-state index < -0.39 is 11.6 Å². The van der Waals surface area contributed by atoms with Crippen LogP contribution in [0, 0.1) is 17.6 Å². The number of amides is 2. The van der Waals surface area contributed by atoms with E-state index in [0.717, 1.165) is 44.4 Å². The molecule has 2 aliphatic rings. The number of carbonyl (C=O) groups is 2. The van der Waals surface area contributed by atoms with Gasteiger partial charge in [0.2, 0.25) is 11.8 Å². The van der Waals surface area contributed by atoms with Crippen molar-refractivity contribution in [3.8, 4) is 0 Å². The summed E-state index contributed by atoms with van der Waals surface area (Å²) in [6.07, 6.45) is 3.62. The monoisotopic (exact) mass is 365 g/mol. The standard InChI is InChI=1S/C19H25F2N3O2/c20-15-6-5-14(16(21)10-15)9-18(25)24-8-2-3-13(12-24)11-23-19(26)17-4-1-7-22-17/h5-6,10,13,17,22H,1-4,7-9,11-12H2,(H,23,26). The first kappa shape index (κ1) is 18.8. The predicted molar refractivity (Wildman–Crippen MR) is 93.4 cm³/mol. The molecule has 26 heavy (non-hydrogen) atoms. The molecule has 3 rings (SSSR count). The third-order valence-electron chi connectivity index (χ3n) is 5.17. The molecule has 0 radical (unpaired) electrons. The van der Waals surface area contributed by atoms with Crippen molar-refractivity contribution in [2.24, 2.45) is 5.92 Å². The molecule has 0 aliphatic carbocycles. The Bertz CT molecular complexity index is 662. The Morgan fingerprint density at radius 1 is 1.23 bits per heavy atom. The number of halogens is 2. The highest BCUT2D eigenvalue weighted by Crippen LogP contribution is 2.18. The molecule has 2 fully saturated rings. The largest absolute Gasteiger partial charge is 0.354 e. The molecular formula is C19H25F2N3O2. The van der Waals surface area contributed by atoms with Gasteiger partial charge >= 0.3 is 0 Å². The number of likely N-dealkylation sites (tertiary alicyclic amines) is 1. The molecule has 2 amide bonds. The fraction of sp³-hybridized carbons (Fsp3) is 0.579. The molecule has 142 valence electrons. The number of benzene rings is 1. The maximum atomic E-state index is 13.7. The zero-order valence-corrected chi connectivity index (χ0v) is 14.8. The molecule has 2 N–H and O–H groups in total. The summed E-state index contributed by atoms with van der Waals surface area (Å²) in [6.45, 7) is 2.62. The minimum atomic E-state index is -0.691. The molecule has 2 heterocycles. The molecule has 0 spiro atoms. The van der Waals surface area contributed by atoms with Crippen LogP contribution < -0.4 is 10.6 Å². The van der Waals surface area contributed by atoms with Gasteiger partial charge in [-0.15, -0.1) is 0 Å². The van der Waals surface area contributed by atoms with Crippen molar-refractivity contribution in [3.05, 3.63) is 35.4 Å². The Hall–Kier alpha value is -2.02. The third-order valence-corrected chi connectivity index (χ3v) is 5.17. The Labute approximate surface area is 152 Å². The molecule has 2 aliphatic heterocycles. The average molecular weight is 365 g/mol. The Morgan fingerprint density at radius 2 is 2.08 bits per heavy atom. The number of piperidine rings is 1. The molecule has 5 nitrogen and oxygen atoms in total. The van der Waals surface area contributed by atoms with Crippen LogP contribution in [0.25, 0.3) is 0 Å². The summed E-state index contributed by atoms with van der Waals surface area (Å²) in [6, 6.07) is 3.18. The van der Waals surface area contributed by atoms with E-state index >= 15 is 0 Å². The highest BCUT2D eigenvalue weighted by Gasteiger charge is 2.26. The van der Waals surface area contributed by atoms with Crippen LogP contribution in [0.2, 0.25) is 0 Å². The first-order valence-electron chi connectivity index (χ1n) is 9.25. The first-order valence-corrected chi connectivity index (χ1v) is 9.25. The van der Waals surface area contributed by atoms with Crippen LogP contribution >= 0.6 is 0 Å². The lowest BCUT2D eigenvalue weighted by molar-refractivity contribution is -0.132. The van der Waals surface area contributed by atoms with Crippen LogP contribution in [0.1, 0.15) is 31.2 Å². The average Bonchev–Trinajstić information content (AvgIpc) is 3.17. The summed E-state index contributed by atoms with van der Waals surface area (Å²) in [5, 5.41) is 6.15. The Kier molecular flexibility index (Phi) is 6.19. The van der Waals surface area contributed by atoms with Gasteiger partial charge in [-0.25, -0.2) is 8.78 Å². The van der Waals surface area contributed by atoms with Crippen LogP contribution in [0.5, 0.6) is 0 Å². The van der Waals surface area contributed by atoms with Crippen molar-refractivity contribution in [3.63, 3.8) is 0 Å². The van der Waals surface area contributed by atoms with Crippen molar-refractivity contribution >= 4 is 11.8 Å². The summed E-state index contributed by atoms with van der Waals surface area (Å²) < 4.78 is 26.7. The van der Waals surface area contributed by atoms with Crippen LogP contribution in [0.15, 0.2) is 18.2 Å². The second-order valence-corrected chi connectivity index (χ2v) is 7.15. The van der Waals surface area contributed by atoms with E-state index in [2.05, 4.69) is 10.6 Å². The van der Waals surface area contributed by atoms with Crippen molar-refractivity contribution < 1.29 is 18.4 Å². The highest BCUT2D eigenvalue weighted by atomic mass is 19.1. The molecule has 1 aromatic carbocycles. The van der Waals surface area contributed by atoms with E-state index in [1.54, 1.807) is 4.90 Å². The Morgan fingerprint density at radius 3 is 2.81 bits per heavy atom. The summed E-state index contributed by atoms with van der Waals surface area (Å²) in [4.78, 5) is 26.3. The van der Waals surface area contributed by atoms with Crippen LogP contribution in [0.3, 0.4) is 0 Å². The first-order chi connectivity index (χ1) is 12.5. The zero-order chi connectivity index (χ0) is 18.5. The smallest absolute Gasteiger partial charge is 0.237 e. The molecule has 0 bridgehead atoms. The van der Waals surface area contributed by atoms with Gasteiger partial charge in [-0.1, -0.05) is 6.07 Å². The predicted octanol–water partition coefficient (Wildman–Crippen LogP) is 1.61. The number of hydrogen-bond acceptors (Lipinski definition) is 3. The van der Waals surface area contributed by atoms with Gasteiger partial charge in [0, 0.05) is 25.7 Å². The lowest BCUT2D eigenvalue weighted by Gasteiger charge is -2.33. The minimum Gasteiger partial charge on any atom is -0.354 e. The molecular weight excluding hydrogens is 340 g/mol. The van der Waals surface area contributed by atoms with Crippen LogP contribution in [0.4, 0.5) is 8.78 Å². The van der Waals surface area contributed by atoms with Crippen LogP contribution in [-0.4, -0.2) is 48.9 Å². The molecule has 2 saturated heterocycles. The van der Waals surface area contributed by atoms with E-state index in [1.165, 1.54) is 6.07 Å². The molecule has 2 unspecified atom stereocenters. The van der Waals surface area contributed by atoms with Gasteiger partial charge in [0.15, 0.2) is 0 Å². The van der Waals surface area contributed by atoms with Gasteiger partial charge in [-0.2, -0.15) is 0 Å². The fourth-order valence-corrected chi connectivity index (χ4v) is 3.67. The number of rotatable bonds is 5. The van der Waals surface area contributed by atoms with Gasteiger partial charge < -0.3 is 15.5 Å². The lowest BCUT2D eigenvalue weighted by atomic mass is 9.97. The van der Waals surface area contributed by atoms with E-state index in [1.807, 2.05) is 0 Å². The van der Waals surface area contributed by atoms with Gasteiger partial charge in [-0.3, -0.25) is 9.59 Å². The van der Waals surface area contributed by atoms with E-state index in [0.29, 0.717) is 19.6 Å². The summed E-state index contributed by atoms with van der Waals surface area (Å²) in [5.74, 6) is -1.27. The molecule has 7 heteroatoms. The SMILES string of the molecule is O=C(NCC1CCCN(C(=O)Cc2ccc(F)cc2F)C1)C1CCCN1. The second-order valence-electron chi connectivity index (χ2n) is 7.15. The maximum Gasteiger partial charge on any atom is 0.237 e. The van der Waals surface area contributed by atoms with Crippen molar-refractivity contribution in [1.82, 2.24) is 15.5 Å². The number of nitrogens with one attached hydrogen (secondary N) is 2. The van der Waals surface area contributed by atoms with Crippen molar-refractivity contribution in [2.45, 2.75) is 38.1 Å². The van der Waals surface area contributed by atoms with Gasteiger partial charge in [0.05, 0.1) is 12.5 Å². The summed E-state index contributed by atoms with van der Waals surface area (Å²) in [7, 11) is 0. The summed E-state index contributed by atoms with van der Waals surface area (Å²) >= 11 is 0. The highest BCUT2D eigenvalue weighted by molar-refractivity contribution is 5.82. The van der Waals surface area contributed by atoms with Gasteiger partial charge in [0.25, 0.3) is 0 Å². The van der Waals surface area contributed by atoms with E-state index in [4.69, 9.17) is 0 Å². The number of nitrogens with zero attached hydrogens (tertiary/aromatic N) is 1. The topological polar surface area (TPSA) is 61.4 Å². The normalized spacial score (nSPS) is 23.1. The minimum absolute atomic E-state index is 0.0272. The molecule has 2 atom stereocenters. The maximum absolute atomic E-state index is 13.7. The van der Waals surface area contributed by atoms with E-state index in [-0.39, 0.29) is 35.8 Å². The second kappa shape index (κ2) is 8.58. The van der Waals surface area contributed by atoms with Crippen LogP contribution in [-0.2, 0) is 16.0 Å². The fourth-order valence-electron chi connectivity index (χ4n) is 3.67. The van der Waals surface area contributed by atoms with Crippen molar-refractivity contribution in [2.75, 3.05) is 26.2 Å². The molecule has 0 saturated carbocycles. The third kappa shape index (κ3) is 4.78. The number of hydrogen-bond donors (Lipinski definition) is 2. The van der Waals surface area contributed by atoms with E-state index in [9.17, 15) is 18.4 Å². The summed E-state index contributed by atoms with van der Waals surface area (Å²) in [5.41, 5.74) is 0.208. The van der Waals surface area contributed by atoms with Crippen molar-refractivity contribution in [1.29, 1.82) is 0 Å². The lowest BCUT2D eigenvalue weighted by Crippen LogP contribution is -2.47.